The summed E-state index contributed by atoms with van der Waals surface area (Å²) in [6.07, 6.45) is 6.38. The number of nitrogens with one attached hydrogen (secondary N) is 1. The summed E-state index contributed by atoms with van der Waals surface area (Å²) in [5.74, 6) is 0.589. The van der Waals surface area contributed by atoms with Gasteiger partial charge < -0.3 is 5.32 Å². The zero-order chi connectivity index (χ0) is 15.3. The molecule has 0 aromatic heterocycles. The Morgan fingerprint density at radius 3 is 2.14 bits per heavy atom. The number of hydrogen-bond donors (Lipinski definition) is 1. The molecular formula is C15H31N3O2S. The molecule has 1 heterocycles. The molecule has 0 bridgehead atoms. The van der Waals surface area contributed by atoms with E-state index in [4.69, 9.17) is 0 Å². The minimum absolute atomic E-state index is 0.337. The van der Waals surface area contributed by atoms with Crippen LogP contribution in [-0.2, 0) is 10.2 Å². The maximum atomic E-state index is 13.0. The van der Waals surface area contributed by atoms with Crippen LogP contribution in [0.25, 0.3) is 0 Å². The van der Waals surface area contributed by atoms with Crippen molar-refractivity contribution in [2.24, 2.45) is 5.92 Å². The van der Waals surface area contributed by atoms with Gasteiger partial charge in [-0.25, -0.2) is 0 Å². The summed E-state index contributed by atoms with van der Waals surface area (Å²) in [4.78, 5) is 0. The molecule has 0 radical (unpaired) electrons. The van der Waals surface area contributed by atoms with Crippen molar-refractivity contribution >= 4 is 10.2 Å². The normalized spacial score (nSPS) is 23.3. The van der Waals surface area contributed by atoms with Gasteiger partial charge in [0.1, 0.15) is 0 Å². The standard InChI is InChI=1S/C15H31N3O2S/c1-3-10-17(11-4-2)21(19,20)18(12-14-7-8-14)13-15-6-5-9-16-15/h14-16H,3-13H2,1-2H3. The second-order valence-corrected chi connectivity index (χ2v) is 8.39. The van der Waals surface area contributed by atoms with Crippen LogP contribution < -0.4 is 5.32 Å². The molecule has 1 saturated heterocycles. The highest BCUT2D eigenvalue weighted by molar-refractivity contribution is 7.86. The highest BCUT2D eigenvalue weighted by atomic mass is 32.2. The lowest BCUT2D eigenvalue weighted by molar-refractivity contribution is 0.309. The molecule has 0 aromatic rings. The lowest BCUT2D eigenvalue weighted by atomic mass is 10.2. The van der Waals surface area contributed by atoms with Gasteiger partial charge in [-0.1, -0.05) is 13.8 Å². The van der Waals surface area contributed by atoms with Crippen LogP contribution in [0.15, 0.2) is 0 Å². The second kappa shape index (κ2) is 7.90. The van der Waals surface area contributed by atoms with Gasteiger partial charge in [0.05, 0.1) is 0 Å². The van der Waals surface area contributed by atoms with E-state index in [1.807, 2.05) is 13.8 Å². The lowest BCUT2D eigenvalue weighted by Gasteiger charge is -2.31. The quantitative estimate of drug-likeness (QED) is 0.669. The first-order chi connectivity index (χ1) is 10.1. The van der Waals surface area contributed by atoms with E-state index < -0.39 is 10.2 Å². The molecular weight excluding hydrogens is 286 g/mol. The van der Waals surface area contributed by atoms with Crippen LogP contribution in [0.2, 0.25) is 0 Å². The average molecular weight is 317 g/mol. The Morgan fingerprint density at radius 2 is 1.67 bits per heavy atom. The van der Waals surface area contributed by atoms with E-state index in [-0.39, 0.29) is 0 Å². The molecule has 1 N–H and O–H groups in total. The molecule has 2 aliphatic rings. The van der Waals surface area contributed by atoms with Crippen molar-refractivity contribution in [2.45, 2.75) is 58.4 Å². The maximum absolute atomic E-state index is 13.0. The Morgan fingerprint density at radius 1 is 1.00 bits per heavy atom. The topological polar surface area (TPSA) is 52.7 Å². The van der Waals surface area contributed by atoms with Crippen molar-refractivity contribution in [3.63, 3.8) is 0 Å². The first-order valence-corrected chi connectivity index (χ1v) is 9.96. The van der Waals surface area contributed by atoms with Gasteiger partial charge in [-0.15, -0.1) is 0 Å². The minimum Gasteiger partial charge on any atom is -0.313 e. The van der Waals surface area contributed by atoms with Crippen LogP contribution in [0, 0.1) is 5.92 Å². The predicted octanol–water partition coefficient (Wildman–Crippen LogP) is 1.82. The molecule has 1 unspecified atom stereocenters. The highest BCUT2D eigenvalue weighted by Gasteiger charge is 2.35. The van der Waals surface area contributed by atoms with Crippen LogP contribution in [0.3, 0.4) is 0 Å². The largest absolute Gasteiger partial charge is 0.313 e. The lowest BCUT2D eigenvalue weighted by Crippen LogP contribution is -2.49. The van der Waals surface area contributed by atoms with Crippen LogP contribution in [0.4, 0.5) is 0 Å². The fourth-order valence-corrected chi connectivity index (χ4v) is 4.94. The number of hydrogen-bond acceptors (Lipinski definition) is 3. The summed E-state index contributed by atoms with van der Waals surface area (Å²) in [6, 6.07) is 0.337. The maximum Gasteiger partial charge on any atom is 0.282 e. The van der Waals surface area contributed by atoms with E-state index in [9.17, 15) is 8.42 Å². The van der Waals surface area contributed by atoms with Gasteiger partial charge in [-0.2, -0.15) is 17.0 Å². The zero-order valence-corrected chi connectivity index (χ0v) is 14.4. The molecule has 21 heavy (non-hydrogen) atoms. The van der Waals surface area contributed by atoms with Crippen molar-refractivity contribution in [2.75, 3.05) is 32.7 Å². The first-order valence-electron chi connectivity index (χ1n) is 8.56. The van der Waals surface area contributed by atoms with Gasteiger partial charge >= 0.3 is 0 Å². The summed E-state index contributed by atoms with van der Waals surface area (Å²) in [7, 11) is -3.30. The predicted molar refractivity (Wildman–Crippen MR) is 86.4 cm³/mol. The SMILES string of the molecule is CCCN(CCC)S(=O)(=O)N(CC1CC1)CC1CCCN1. The summed E-state index contributed by atoms with van der Waals surface area (Å²) in [5, 5.41) is 3.43. The molecule has 2 fully saturated rings. The van der Waals surface area contributed by atoms with E-state index in [1.165, 1.54) is 12.8 Å². The van der Waals surface area contributed by atoms with E-state index >= 15 is 0 Å². The molecule has 1 aliphatic carbocycles. The van der Waals surface area contributed by atoms with Crippen molar-refractivity contribution in [1.82, 2.24) is 13.9 Å². The zero-order valence-electron chi connectivity index (χ0n) is 13.6. The highest BCUT2D eigenvalue weighted by Crippen LogP contribution is 2.31. The van der Waals surface area contributed by atoms with Gasteiger partial charge in [0.15, 0.2) is 0 Å². The smallest absolute Gasteiger partial charge is 0.282 e. The van der Waals surface area contributed by atoms with E-state index in [1.54, 1.807) is 8.61 Å². The third kappa shape index (κ3) is 4.91. The van der Waals surface area contributed by atoms with Crippen LogP contribution in [0.1, 0.15) is 52.4 Å². The Bertz CT molecular complexity index is 397. The number of rotatable bonds is 10. The van der Waals surface area contributed by atoms with Crippen molar-refractivity contribution < 1.29 is 8.42 Å². The van der Waals surface area contributed by atoms with Crippen molar-refractivity contribution in [3.8, 4) is 0 Å². The molecule has 124 valence electrons. The Kier molecular flexibility index (Phi) is 6.47. The summed E-state index contributed by atoms with van der Waals surface area (Å²) < 4.78 is 29.4. The van der Waals surface area contributed by atoms with E-state index in [2.05, 4.69) is 5.32 Å². The molecule has 1 aliphatic heterocycles. The average Bonchev–Trinajstić information content (AvgIpc) is 3.11. The van der Waals surface area contributed by atoms with Gasteiger partial charge in [0, 0.05) is 32.2 Å². The fraction of sp³-hybridized carbons (Fsp3) is 1.00. The van der Waals surface area contributed by atoms with Crippen LogP contribution in [0.5, 0.6) is 0 Å². The van der Waals surface area contributed by atoms with Gasteiger partial charge in [-0.3, -0.25) is 0 Å². The molecule has 6 heteroatoms. The number of nitrogens with zero attached hydrogens (tertiary/aromatic N) is 2. The third-order valence-electron chi connectivity index (χ3n) is 4.34. The summed E-state index contributed by atoms with van der Waals surface area (Å²) in [5.41, 5.74) is 0. The Balaban J connectivity index is 2.06. The summed E-state index contributed by atoms with van der Waals surface area (Å²) >= 11 is 0. The third-order valence-corrected chi connectivity index (χ3v) is 6.31. The molecule has 5 nitrogen and oxygen atoms in total. The van der Waals surface area contributed by atoms with Crippen LogP contribution in [-0.4, -0.2) is 55.8 Å². The molecule has 0 aromatic carbocycles. The van der Waals surface area contributed by atoms with Gasteiger partial charge in [0.25, 0.3) is 10.2 Å². The van der Waals surface area contributed by atoms with Crippen molar-refractivity contribution in [3.05, 3.63) is 0 Å². The van der Waals surface area contributed by atoms with E-state index in [0.29, 0.717) is 38.1 Å². The molecule has 1 atom stereocenters. The molecule has 2 rings (SSSR count). The fourth-order valence-electron chi connectivity index (χ4n) is 3.01. The molecule has 1 saturated carbocycles. The molecule has 0 amide bonds. The monoisotopic (exact) mass is 317 g/mol. The van der Waals surface area contributed by atoms with Crippen LogP contribution >= 0.6 is 0 Å². The summed E-state index contributed by atoms with van der Waals surface area (Å²) in [6.45, 7) is 7.73. The molecule has 0 spiro atoms. The second-order valence-electron chi connectivity index (χ2n) is 6.46. The first kappa shape index (κ1) is 17.2. The van der Waals surface area contributed by atoms with E-state index in [0.717, 1.165) is 32.2 Å². The van der Waals surface area contributed by atoms with Gasteiger partial charge in [-0.05, 0) is 51.0 Å². The Hall–Kier alpha value is -0.170. The van der Waals surface area contributed by atoms with Crippen molar-refractivity contribution in [1.29, 1.82) is 0 Å². The van der Waals surface area contributed by atoms with Gasteiger partial charge in [0.2, 0.25) is 0 Å². The minimum atomic E-state index is -3.30. The Labute approximate surface area is 130 Å².